The van der Waals surface area contributed by atoms with E-state index in [2.05, 4.69) is 6.92 Å². The van der Waals surface area contributed by atoms with Crippen LogP contribution in [-0.4, -0.2) is 54.4 Å². The summed E-state index contributed by atoms with van der Waals surface area (Å²) in [6.07, 6.45) is 2.12. The Balaban J connectivity index is 1.49. The molecule has 1 heterocycles. The smallest absolute Gasteiger partial charge is 0.260 e. The van der Waals surface area contributed by atoms with Crippen molar-refractivity contribution >= 4 is 35.0 Å². The summed E-state index contributed by atoms with van der Waals surface area (Å²) in [5.74, 6) is 0.422. The summed E-state index contributed by atoms with van der Waals surface area (Å²) < 4.78 is 5.62. The number of piperazine rings is 1. The number of ether oxygens (including phenoxy) is 1. The lowest BCUT2D eigenvalue weighted by Crippen LogP contribution is -2.51. The lowest BCUT2D eigenvalue weighted by molar-refractivity contribution is -0.134. The standard InChI is InChI=1S/C22H24Cl2N2O3/c1-2-3-16-4-7-18(8-5-16)29-15-21(27)25-10-12-26(13-11-25)22(28)19-14-17(23)6-9-20(19)24/h4-9,14H,2-3,10-13,15H2,1H3. The highest BCUT2D eigenvalue weighted by Crippen LogP contribution is 2.22. The fourth-order valence-electron chi connectivity index (χ4n) is 3.27. The number of rotatable bonds is 6. The van der Waals surface area contributed by atoms with Gasteiger partial charge in [-0.1, -0.05) is 48.7 Å². The summed E-state index contributed by atoms with van der Waals surface area (Å²) in [5, 5.41) is 0.836. The van der Waals surface area contributed by atoms with Gasteiger partial charge in [-0.25, -0.2) is 0 Å². The molecule has 2 aromatic rings. The third-order valence-corrected chi connectivity index (χ3v) is 5.47. The van der Waals surface area contributed by atoms with E-state index >= 15 is 0 Å². The van der Waals surface area contributed by atoms with E-state index in [0.717, 1.165) is 12.8 Å². The van der Waals surface area contributed by atoms with E-state index < -0.39 is 0 Å². The first-order valence-corrected chi connectivity index (χ1v) is 10.5. The minimum atomic E-state index is -0.173. The van der Waals surface area contributed by atoms with Gasteiger partial charge in [0.05, 0.1) is 10.6 Å². The van der Waals surface area contributed by atoms with E-state index in [9.17, 15) is 9.59 Å². The van der Waals surface area contributed by atoms with Crippen LogP contribution in [0.15, 0.2) is 42.5 Å². The van der Waals surface area contributed by atoms with Crippen molar-refractivity contribution in [3.63, 3.8) is 0 Å². The van der Waals surface area contributed by atoms with Crippen molar-refractivity contribution in [2.24, 2.45) is 0 Å². The molecule has 0 aromatic heterocycles. The van der Waals surface area contributed by atoms with Crippen molar-refractivity contribution in [2.75, 3.05) is 32.8 Å². The van der Waals surface area contributed by atoms with Crippen LogP contribution in [0.2, 0.25) is 10.0 Å². The van der Waals surface area contributed by atoms with Crippen LogP contribution in [-0.2, 0) is 11.2 Å². The Morgan fingerprint density at radius 2 is 1.62 bits per heavy atom. The third kappa shape index (κ3) is 5.64. The molecule has 0 radical (unpaired) electrons. The molecular weight excluding hydrogens is 411 g/mol. The highest BCUT2D eigenvalue weighted by Gasteiger charge is 2.26. The molecule has 0 atom stereocenters. The SMILES string of the molecule is CCCc1ccc(OCC(=O)N2CCN(C(=O)c3cc(Cl)ccc3Cl)CC2)cc1. The first-order valence-electron chi connectivity index (χ1n) is 9.71. The fraction of sp³-hybridized carbons (Fsp3) is 0.364. The molecule has 1 fully saturated rings. The summed E-state index contributed by atoms with van der Waals surface area (Å²) in [4.78, 5) is 28.5. The van der Waals surface area contributed by atoms with Crippen LogP contribution in [0.5, 0.6) is 5.75 Å². The van der Waals surface area contributed by atoms with Gasteiger partial charge in [0.1, 0.15) is 5.75 Å². The number of hydrogen-bond donors (Lipinski definition) is 0. The number of aryl methyl sites for hydroxylation is 1. The lowest BCUT2D eigenvalue weighted by atomic mass is 10.1. The van der Waals surface area contributed by atoms with E-state index in [4.69, 9.17) is 27.9 Å². The summed E-state index contributed by atoms with van der Waals surface area (Å²) in [6, 6.07) is 12.7. The molecule has 2 amide bonds. The van der Waals surface area contributed by atoms with E-state index in [0.29, 0.717) is 47.5 Å². The van der Waals surface area contributed by atoms with Crippen molar-refractivity contribution in [3.05, 3.63) is 63.6 Å². The zero-order valence-electron chi connectivity index (χ0n) is 16.4. The van der Waals surface area contributed by atoms with Gasteiger partial charge in [-0.3, -0.25) is 9.59 Å². The molecule has 0 saturated carbocycles. The van der Waals surface area contributed by atoms with Crippen molar-refractivity contribution in [1.82, 2.24) is 9.80 Å². The second-order valence-electron chi connectivity index (χ2n) is 6.98. The van der Waals surface area contributed by atoms with Gasteiger partial charge in [0.25, 0.3) is 11.8 Å². The number of amides is 2. The molecule has 29 heavy (non-hydrogen) atoms. The number of nitrogens with zero attached hydrogens (tertiary/aromatic N) is 2. The molecule has 0 N–H and O–H groups in total. The zero-order valence-corrected chi connectivity index (χ0v) is 17.9. The van der Waals surface area contributed by atoms with Crippen LogP contribution in [0.4, 0.5) is 0 Å². The molecule has 154 valence electrons. The molecule has 1 aliphatic rings. The quantitative estimate of drug-likeness (QED) is 0.680. The van der Waals surface area contributed by atoms with Gasteiger partial charge in [-0.05, 0) is 42.3 Å². The average Bonchev–Trinajstić information content (AvgIpc) is 2.74. The fourth-order valence-corrected chi connectivity index (χ4v) is 3.64. The maximum atomic E-state index is 12.7. The molecule has 5 nitrogen and oxygen atoms in total. The van der Waals surface area contributed by atoms with Gasteiger partial charge >= 0.3 is 0 Å². The minimum Gasteiger partial charge on any atom is -0.484 e. The van der Waals surface area contributed by atoms with E-state index in [-0.39, 0.29) is 18.4 Å². The van der Waals surface area contributed by atoms with Crippen molar-refractivity contribution in [2.45, 2.75) is 19.8 Å². The Bertz CT molecular complexity index is 863. The lowest BCUT2D eigenvalue weighted by Gasteiger charge is -2.34. The van der Waals surface area contributed by atoms with Gasteiger partial charge in [0, 0.05) is 31.2 Å². The average molecular weight is 435 g/mol. The molecule has 1 saturated heterocycles. The van der Waals surface area contributed by atoms with Crippen LogP contribution in [0.3, 0.4) is 0 Å². The van der Waals surface area contributed by atoms with Gasteiger partial charge in [0.15, 0.2) is 6.61 Å². The van der Waals surface area contributed by atoms with E-state index in [1.807, 2.05) is 24.3 Å². The highest BCUT2D eigenvalue weighted by molar-refractivity contribution is 6.35. The monoisotopic (exact) mass is 434 g/mol. The normalized spacial score (nSPS) is 14.0. The maximum Gasteiger partial charge on any atom is 0.260 e. The molecule has 0 bridgehead atoms. The van der Waals surface area contributed by atoms with Crippen LogP contribution in [0.1, 0.15) is 29.3 Å². The molecule has 7 heteroatoms. The number of hydrogen-bond acceptors (Lipinski definition) is 3. The molecule has 2 aromatic carbocycles. The number of halogens is 2. The molecule has 0 unspecified atom stereocenters. The van der Waals surface area contributed by atoms with Gasteiger partial charge in [-0.15, -0.1) is 0 Å². The van der Waals surface area contributed by atoms with Crippen molar-refractivity contribution < 1.29 is 14.3 Å². The maximum absolute atomic E-state index is 12.7. The Morgan fingerprint density at radius 3 is 2.28 bits per heavy atom. The molecule has 3 rings (SSSR count). The van der Waals surface area contributed by atoms with Gasteiger partial charge < -0.3 is 14.5 Å². The predicted octanol–water partition coefficient (Wildman–Crippen LogP) is 4.31. The predicted molar refractivity (Wildman–Crippen MR) is 115 cm³/mol. The Hall–Kier alpha value is -2.24. The van der Waals surface area contributed by atoms with Crippen LogP contribution < -0.4 is 4.74 Å². The summed E-state index contributed by atoms with van der Waals surface area (Å²) >= 11 is 12.1. The minimum absolute atomic E-state index is 0.0127. The van der Waals surface area contributed by atoms with E-state index in [1.165, 1.54) is 5.56 Å². The molecular formula is C22H24Cl2N2O3. The second kappa shape index (κ2) is 9.99. The summed E-state index contributed by atoms with van der Waals surface area (Å²) in [6.45, 7) is 3.93. The molecule has 0 aliphatic carbocycles. The number of carbonyl (C=O) groups is 2. The van der Waals surface area contributed by atoms with Crippen LogP contribution >= 0.6 is 23.2 Å². The van der Waals surface area contributed by atoms with Crippen molar-refractivity contribution in [3.8, 4) is 5.75 Å². The topological polar surface area (TPSA) is 49.9 Å². The third-order valence-electron chi connectivity index (χ3n) is 4.90. The first-order chi connectivity index (χ1) is 14.0. The second-order valence-corrected chi connectivity index (χ2v) is 7.82. The largest absolute Gasteiger partial charge is 0.484 e. The highest BCUT2D eigenvalue weighted by atomic mass is 35.5. The van der Waals surface area contributed by atoms with Crippen molar-refractivity contribution in [1.29, 1.82) is 0 Å². The van der Waals surface area contributed by atoms with Gasteiger partial charge in [0.2, 0.25) is 0 Å². The molecule has 0 spiro atoms. The number of carbonyl (C=O) groups excluding carboxylic acids is 2. The van der Waals surface area contributed by atoms with Crippen LogP contribution in [0.25, 0.3) is 0 Å². The van der Waals surface area contributed by atoms with Crippen LogP contribution in [0, 0.1) is 0 Å². The summed E-state index contributed by atoms with van der Waals surface area (Å²) in [5.41, 5.74) is 1.64. The molecule has 1 aliphatic heterocycles. The van der Waals surface area contributed by atoms with Gasteiger partial charge in [-0.2, -0.15) is 0 Å². The zero-order chi connectivity index (χ0) is 20.8. The Labute approximate surface area is 181 Å². The van der Waals surface area contributed by atoms with E-state index in [1.54, 1.807) is 28.0 Å². The Kier molecular flexibility index (Phi) is 7.40. The number of benzene rings is 2. The summed E-state index contributed by atoms with van der Waals surface area (Å²) in [7, 11) is 0. The first kappa shape index (κ1) is 21.5. The Morgan fingerprint density at radius 1 is 0.966 bits per heavy atom.